The maximum absolute atomic E-state index is 6.16. The number of anilines is 1. The molecule has 0 fully saturated rings. The Morgan fingerprint density at radius 1 is 1.35 bits per heavy atom. The van der Waals surface area contributed by atoms with Crippen LogP contribution in [0.15, 0.2) is 18.2 Å². The van der Waals surface area contributed by atoms with Crippen molar-refractivity contribution in [2.75, 3.05) is 18.0 Å². The SMILES string of the molecule is CCC(N)CN1CC(CC)Oc2ccc(C(C)C)cc21. The topological polar surface area (TPSA) is 38.5 Å². The molecule has 0 aliphatic carbocycles. The summed E-state index contributed by atoms with van der Waals surface area (Å²) in [5, 5.41) is 0. The highest BCUT2D eigenvalue weighted by atomic mass is 16.5. The first kappa shape index (κ1) is 15.2. The van der Waals surface area contributed by atoms with Gasteiger partial charge in [0.05, 0.1) is 12.2 Å². The van der Waals surface area contributed by atoms with Crippen LogP contribution >= 0.6 is 0 Å². The summed E-state index contributed by atoms with van der Waals surface area (Å²) in [5.41, 5.74) is 8.73. The van der Waals surface area contributed by atoms with Crippen LogP contribution in [0.1, 0.15) is 52.0 Å². The van der Waals surface area contributed by atoms with Crippen molar-refractivity contribution in [2.45, 2.75) is 58.6 Å². The quantitative estimate of drug-likeness (QED) is 0.894. The van der Waals surface area contributed by atoms with Crippen LogP contribution in [-0.4, -0.2) is 25.2 Å². The lowest BCUT2D eigenvalue weighted by molar-refractivity contribution is 0.188. The molecule has 2 unspecified atom stereocenters. The zero-order valence-electron chi connectivity index (χ0n) is 13.2. The van der Waals surface area contributed by atoms with Gasteiger partial charge in [-0.15, -0.1) is 0 Å². The Labute approximate surface area is 123 Å². The van der Waals surface area contributed by atoms with E-state index in [0.29, 0.717) is 5.92 Å². The average Bonchev–Trinajstić information content (AvgIpc) is 2.46. The fraction of sp³-hybridized carbons (Fsp3) is 0.647. The molecular weight excluding hydrogens is 248 g/mol. The summed E-state index contributed by atoms with van der Waals surface area (Å²) in [4.78, 5) is 2.41. The minimum atomic E-state index is 0.223. The van der Waals surface area contributed by atoms with E-state index >= 15 is 0 Å². The Hall–Kier alpha value is -1.22. The number of ether oxygens (including phenoxy) is 1. The molecule has 3 nitrogen and oxygen atoms in total. The van der Waals surface area contributed by atoms with Crippen molar-refractivity contribution in [3.8, 4) is 5.75 Å². The van der Waals surface area contributed by atoms with E-state index in [4.69, 9.17) is 10.5 Å². The number of benzene rings is 1. The third-order valence-corrected chi connectivity index (χ3v) is 4.14. The van der Waals surface area contributed by atoms with Gasteiger partial charge in [-0.2, -0.15) is 0 Å². The van der Waals surface area contributed by atoms with Crippen LogP contribution in [0.2, 0.25) is 0 Å². The molecule has 3 heteroatoms. The van der Waals surface area contributed by atoms with Crippen LogP contribution in [0.3, 0.4) is 0 Å². The molecule has 1 aromatic carbocycles. The Kier molecular flexibility index (Phi) is 4.92. The predicted molar refractivity (Wildman–Crippen MR) is 85.7 cm³/mol. The molecular formula is C17H28N2O. The van der Waals surface area contributed by atoms with Gasteiger partial charge in [0.2, 0.25) is 0 Å². The third kappa shape index (κ3) is 3.26. The summed E-state index contributed by atoms with van der Waals surface area (Å²) in [6.07, 6.45) is 2.31. The monoisotopic (exact) mass is 276 g/mol. The fourth-order valence-electron chi connectivity index (χ4n) is 2.60. The zero-order valence-corrected chi connectivity index (χ0v) is 13.2. The third-order valence-electron chi connectivity index (χ3n) is 4.14. The second-order valence-electron chi connectivity index (χ2n) is 6.10. The number of fused-ring (bicyclic) bond motifs is 1. The smallest absolute Gasteiger partial charge is 0.143 e. The highest BCUT2D eigenvalue weighted by Gasteiger charge is 2.26. The molecule has 2 rings (SSSR count). The number of rotatable bonds is 5. The van der Waals surface area contributed by atoms with E-state index in [1.807, 2.05) is 0 Å². The molecule has 0 saturated carbocycles. The molecule has 20 heavy (non-hydrogen) atoms. The lowest BCUT2D eigenvalue weighted by atomic mass is 10.0. The van der Waals surface area contributed by atoms with Gasteiger partial charge in [0.1, 0.15) is 11.9 Å². The molecule has 1 aromatic rings. The highest BCUT2D eigenvalue weighted by Crippen LogP contribution is 2.36. The van der Waals surface area contributed by atoms with Gasteiger partial charge < -0.3 is 15.4 Å². The Bertz CT molecular complexity index is 445. The van der Waals surface area contributed by atoms with Crippen LogP contribution in [0, 0.1) is 0 Å². The van der Waals surface area contributed by atoms with Crippen LogP contribution < -0.4 is 15.4 Å². The Balaban J connectivity index is 2.30. The maximum atomic E-state index is 6.16. The molecule has 0 spiro atoms. The first-order valence-electron chi connectivity index (χ1n) is 7.86. The van der Waals surface area contributed by atoms with E-state index in [2.05, 4.69) is 50.8 Å². The summed E-state index contributed by atoms with van der Waals surface area (Å²) < 4.78 is 6.08. The first-order valence-corrected chi connectivity index (χ1v) is 7.86. The zero-order chi connectivity index (χ0) is 14.7. The van der Waals surface area contributed by atoms with Crippen molar-refractivity contribution in [1.82, 2.24) is 0 Å². The van der Waals surface area contributed by atoms with E-state index < -0.39 is 0 Å². The molecule has 112 valence electrons. The van der Waals surface area contributed by atoms with Crippen molar-refractivity contribution < 1.29 is 4.74 Å². The largest absolute Gasteiger partial charge is 0.486 e. The summed E-state index contributed by atoms with van der Waals surface area (Å²) in [6, 6.07) is 6.80. The van der Waals surface area contributed by atoms with Crippen molar-refractivity contribution in [2.24, 2.45) is 5.73 Å². The normalized spacial score (nSPS) is 19.7. The number of nitrogens with two attached hydrogens (primary N) is 1. The first-order chi connectivity index (χ1) is 9.55. The molecule has 2 atom stereocenters. The van der Waals surface area contributed by atoms with Crippen molar-refractivity contribution >= 4 is 5.69 Å². The molecule has 0 bridgehead atoms. The van der Waals surface area contributed by atoms with E-state index in [9.17, 15) is 0 Å². The highest BCUT2D eigenvalue weighted by molar-refractivity contribution is 5.62. The lowest BCUT2D eigenvalue weighted by Crippen LogP contribution is -2.45. The van der Waals surface area contributed by atoms with Gasteiger partial charge in [0.25, 0.3) is 0 Å². The molecule has 2 N–H and O–H groups in total. The van der Waals surface area contributed by atoms with Crippen LogP contribution in [0.4, 0.5) is 5.69 Å². The number of nitrogens with zero attached hydrogens (tertiary/aromatic N) is 1. The Morgan fingerprint density at radius 2 is 2.10 bits per heavy atom. The lowest BCUT2D eigenvalue weighted by Gasteiger charge is -2.37. The molecule has 0 amide bonds. The minimum absolute atomic E-state index is 0.223. The van der Waals surface area contributed by atoms with Crippen LogP contribution in [-0.2, 0) is 0 Å². The summed E-state index contributed by atoms with van der Waals surface area (Å²) >= 11 is 0. The molecule has 0 saturated heterocycles. The van der Waals surface area contributed by atoms with E-state index in [1.54, 1.807) is 0 Å². The molecule has 1 aliphatic heterocycles. The van der Waals surface area contributed by atoms with E-state index in [-0.39, 0.29) is 12.1 Å². The van der Waals surface area contributed by atoms with Gasteiger partial charge in [-0.1, -0.05) is 33.8 Å². The van der Waals surface area contributed by atoms with Gasteiger partial charge in [-0.3, -0.25) is 0 Å². The summed E-state index contributed by atoms with van der Waals surface area (Å²) in [5.74, 6) is 1.54. The summed E-state index contributed by atoms with van der Waals surface area (Å²) in [6.45, 7) is 10.6. The second-order valence-corrected chi connectivity index (χ2v) is 6.10. The summed E-state index contributed by atoms with van der Waals surface area (Å²) in [7, 11) is 0. The van der Waals surface area contributed by atoms with Crippen LogP contribution in [0.25, 0.3) is 0 Å². The molecule has 1 aliphatic rings. The average molecular weight is 276 g/mol. The second kappa shape index (κ2) is 6.49. The molecule has 0 radical (unpaired) electrons. The molecule has 1 heterocycles. The minimum Gasteiger partial charge on any atom is -0.486 e. The number of hydrogen-bond acceptors (Lipinski definition) is 3. The van der Waals surface area contributed by atoms with Gasteiger partial charge in [0.15, 0.2) is 0 Å². The van der Waals surface area contributed by atoms with Gasteiger partial charge in [-0.05, 0) is 36.5 Å². The van der Waals surface area contributed by atoms with Crippen molar-refractivity contribution in [3.63, 3.8) is 0 Å². The van der Waals surface area contributed by atoms with E-state index in [1.165, 1.54) is 11.3 Å². The van der Waals surface area contributed by atoms with Crippen molar-refractivity contribution in [3.05, 3.63) is 23.8 Å². The van der Waals surface area contributed by atoms with E-state index in [0.717, 1.165) is 31.7 Å². The molecule has 0 aromatic heterocycles. The van der Waals surface area contributed by atoms with Crippen molar-refractivity contribution in [1.29, 1.82) is 0 Å². The van der Waals surface area contributed by atoms with Crippen LogP contribution in [0.5, 0.6) is 5.75 Å². The van der Waals surface area contributed by atoms with Gasteiger partial charge >= 0.3 is 0 Å². The van der Waals surface area contributed by atoms with Gasteiger partial charge in [-0.25, -0.2) is 0 Å². The Morgan fingerprint density at radius 3 is 2.70 bits per heavy atom. The van der Waals surface area contributed by atoms with Gasteiger partial charge in [0, 0.05) is 12.6 Å². The number of hydrogen-bond donors (Lipinski definition) is 1. The maximum Gasteiger partial charge on any atom is 0.143 e. The fourth-order valence-corrected chi connectivity index (χ4v) is 2.60. The standard InChI is InChI=1S/C17H28N2O/c1-5-14(18)10-19-11-15(6-2)20-17-8-7-13(12(3)4)9-16(17)19/h7-9,12,14-15H,5-6,10-11,18H2,1-4H3. The predicted octanol–water partition coefficient (Wildman–Crippen LogP) is 3.52.